The van der Waals surface area contributed by atoms with E-state index in [0.29, 0.717) is 17.8 Å². The van der Waals surface area contributed by atoms with E-state index in [1.165, 1.54) is 16.7 Å². The van der Waals surface area contributed by atoms with E-state index >= 15 is 0 Å². The molecule has 1 aliphatic heterocycles. The van der Waals surface area contributed by atoms with Crippen molar-refractivity contribution < 1.29 is 29.0 Å². The Balaban J connectivity index is 2.37. The lowest BCUT2D eigenvalue weighted by molar-refractivity contribution is -0.160. The third-order valence-corrected chi connectivity index (χ3v) is 9.32. The number of thiazole rings is 1. The number of piperidine rings is 1. The van der Waals surface area contributed by atoms with Crippen LogP contribution in [-0.4, -0.2) is 75.9 Å². The number of ketones is 1. The van der Waals surface area contributed by atoms with E-state index < -0.39 is 11.9 Å². The maximum Gasteiger partial charge on any atom is 0.355 e. The molecule has 0 radical (unpaired) electrons. The normalized spacial score (nSPS) is 19.1. The monoisotopic (exact) mass is 579 g/mol. The number of Topliss-reactive ketones (excluding diaryl/α,β-unsaturated/α-hetero) is 1. The molecule has 1 fully saturated rings. The summed E-state index contributed by atoms with van der Waals surface area (Å²) in [6.07, 6.45) is 5.24. The molecular formula is C30H49N3O6S. The molecule has 1 amide bonds. The molecular weight excluding hydrogens is 530 g/mol. The van der Waals surface area contributed by atoms with E-state index in [4.69, 9.17) is 4.74 Å². The summed E-state index contributed by atoms with van der Waals surface area (Å²) in [6, 6.07) is -0.466. The first-order valence-electron chi connectivity index (χ1n) is 14.8. The van der Waals surface area contributed by atoms with Gasteiger partial charge in [0.15, 0.2) is 18.2 Å². The number of hydrogen-bond acceptors (Lipinski definition) is 8. The number of aromatic nitrogens is 1. The van der Waals surface area contributed by atoms with Gasteiger partial charge in [-0.25, -0.2) is 9.78 Å². The van der Waals surface area contributed by atoms with Crippen molar-refractivity contribution in [2.45, 2.75) is 111 Å². The number of carboxylic acids is 1. The molecule has 10 heteroatoms. The molecule has 1 saturated heterocycles. The Kier molecular flexibility index (Phi) is 13.7. The first kappa shape index (κ1) is 33.9. The number of nitrogens with zero attached hydrogens (tertiary/aromatic N) is 3. The summed E-state index contributed by atoms with van der Waals surface area (Å²) in [6.45, 7) is 12.7. The van der Waals surface area contributed by atoms with E-state index in [0.717, 1.165) is 32.2 Å². The Bertz CT molecular complexity index is 996. The molecule has 0 aromatic carbocycles. The molecule has 0 aliphatic carbocycles. The Hall–Kier alpha value is -2.33. The van der Waals surface area contributed by atoms with Crippen LogP contribution >= 0.6 is 11.3 Å². The minimum Gasteiger partial charge on any atom is -0.476 e. The number of carbonyl (C=O) groups excluding carboxylic acids is 3. The molecule has 0 spiro atoms. The van der Waals surface area contributed by atoms with Gasteiger partial charge in [-0.3, -0.25) is 19.3 Å². The highest BCUT2D eigenvalue weighted by Gasteiger charge is 2.38. The molecule has 0 unspecified atom stereocenters. The third-order valence-electron chi connectivity index (χ3n) is 8.24. The van der Waals surface area contributed by atoms with Gasteiger partial charge in [-0.15, -0.1) is 11.3 Å². The van der Waals surface area contributed by atoms with Gasteiger partial charge in [-0.2, -0.15) is 0 Å². The topological polar surface area (TPSA) is 117 Å². The number of carbonyl (C=O) groups is 4. The number of amides is 1. The predicted octanol–water partition coefficient (Wildman–Crippen LogP) is 5.59. The highest BCUT2D eigenvalue weighted by atomic mass is 32.1. The van der Waals surface area contributed by atoms with Crippen molar-refractivity contribution in [2.24, 2.45) is 17.8 Å². The van der Waals surface area contributed by atoms with Gasteiger partial charge in [0.25, 0.3) is 0 Å². The number of likely N-dealkylation sites (tertiary alicyclic amines) is 1. The summed E-state index contributed by atoms with van der Waals surface area (Å²) in [5, 5.41) is 11.5. The zero-order valence-electron chi connectivity index (χ0n) is 25.4. The van der Waals surface area contributed by atoms with Gasteiger partial charge in [0, 0.05) is 36.1 Å². The van der Waals surface area contributed by atoms with Crippen LogP contribution in [0.3, 0.4) is 0 Å². The Labute approximate surface area is 243 Å². The van der Waals surface area contributed by atoms with Gasteiger partial charge in [0.2, 0.25) is 5.91 Å². The van der Waals surface area contributed by atoms with Crippen LogP contribution in [0.25, 0.3) is 0 Å². The van der Waals surface area contributed by atoms with Crippen molar-refractivity contribution >= 4 is 35.0 Å². The Morgan fingerprint density at radius 2 is 1.88 bits per heavy atom. The zero-order chi connectivity index (χ0) is 30.0. The van der Waals surface area contributed by atoms with Gasteiger partial charge in [0.05, 0.1) is 11.0 Å². The van der Waals surface area contributed by atoms with E-state index in [9.17, 15) is 24.3 Å². The molecule has 1 N–H and O–H groups in total. The van der Waals surface area contributed by atoms with Crippen LogP contribution in [-0.2, 0) is 19.1 Å². The van der Waals surface area contributed by atoms with E-state index in [-0.39, 0.29) is 72.8 Å². The zero-order valence-corrected chi connectivity index (χ0v) is 26.2. The number of carboxylic acid groups (broad SMARTS) is 1. The molecule has 5 atom stereocenters. The molecule has 1 aromatic heterocycles. The molecule has 226 valence electrons. The summed E-state index contributed by atoms with van der Waals surface area (Å²) in [4.78, 5) is 59.6. The van der Waals surface area contributed by atoms with Crippen LogP contribution in [0, 0.1) is 17.8 Å². The maximum absolute atomic E-state index is 14.3. The Morgan fingerprint density at radius 3 is 2.42 bits per heavy atom. The lowest BCUT2D eigenvalue weighted by atomic mass is 9.82. The van der Waals surface area contributed by atoms with Gasteiger partial charge >= 0.3 is 11.9 Å². The molecule has 40 heavy (non-hydrogen) atoms. The van der Waals surface area contributed by atoms with Crippen LogP contribution in [0.4, 0.5) is 0 Å². The fraction of sp³-hybridized carbons (Fsp3) is 0.767. The lowest BCUT2D eigenvalue weighted by Crippen LogP contribution is -2.50. The largest absolute Gasteiger partial charge is 0.476 e. The van der Waals surface area contributed by atoms with Gasteiger partial charge in [-0.05, 0) is 51.1 Å². The Morgan fingerprint density at radius 1 is 1.18 bits per heavy atom. The number of rotatable bonds is 16. The van der Waals surface area contributed by atoms with Crippen molar-refractivity contribution in [3.8, 4) is 0 Å². The predicted molar refractivity (Wildman–Crippen MR) is 156 cm³/mol. The fourth-order valence-corrected chi connectivity index (χ4v) is 6.30. The van der Waals surface area contributed by atoms with Gasteiger partial charge in [-0.1, -0.05) is 54.4 Å². The summed E-state index contributed by atoms with van der Waals surface area (Å²) in [5.41, 5.74) is 0.0115. The number of esters is 1. The summed E-state index contributed by atoms with van der Waals surface area (Å²) in [7, 11) is 1.98. The standard InChI is InChI=1S/C30H49N3O6S/c1-8-12-27(35)39-18-33(25(19(3)4)15-21(6)28-31-23(17-40-28)30(37)38)29(36)22(20(5)9-2)16-26(34)24-13-10-11-14-32(24)7/h17,19-22,24-25H,8-16,18H2,1-7H3,(H,37,38)/t20-,21+,22-,24+,25+/m0/s1. The van der Waals surface area contributed by atoms with Gasteiger partial charge < -0.3 is 14.7 Å². The second kappa shape index (κ2) is 16.2. The minimum absolute atomic E-state index is 0.0115. The van der Waals surface area contributed by atoms with Gasteiger partial charge in [0.1, 0.15) is 0 Å². The smallest absolute Gasteiger partial charge is 0.355 e. The van der Waals surface area contributed by atoms with Crippen molar-refractivity contribution in [1.29, 1.82) is 0 Å². The van der Waals surface area contributed by atoms with E-state index in [2.05, 4.69) is 9.88 Å². The first-order valence-corrected chi connectivity index (χ1v) is 15.7. The van der Waals surface area contributed by atoms with Crippen LogP contribution in [0.5, 0.6) is 0 Å². The van der Waals surface area contributed by atoms with Crippen LogP contribution < -0.4 is 0 Å². The minimum atomic E-state index is -1.07. The quantitative estimate of drug-likeness (QED) is 0.199. The summed E-state index contributed by atoms with van der Waals surface area (Å²) < 4.78 is 5.60. The molecule has 0 saturated carbocycles. The van der Waals surface area contributed by atoms with Crippen molar-refractivity contribution in [2.75, 3.05) is 20.3 Å². The number of likely N-dealkylation sites (N-methyl/N-ethyl adjacent to an activating group) is 1. The van der Waals surface area contributed by atoms with E-state index in [1.807, 2.05) is 48.6 Å². The molecule has 9 nitrogen and oxygen atoms in total. The maximum atomic E-state index is 14.3. The number of ether oxygens (including phenoxy) is 1. The fourth-order valence-electron chi connectivity index (χ4n) is 5.44. The van der Waals surface area contributed by atoms with E-state index in [1.54, 1.807) is 4.90 Å². The van der Waals surface area contributed by atoms with Crippen LogP contribution in [0.2, 0.25) is 0 Å². The number of hydrogen-bond donors (Lipinski definition) is 1. The first-order chi connectivity index (χ1) is 18.9. The highest BCUT2D eigenvalue weighted by Crippen LogP contribution is 2.32. The molecule has 2 rings (SSSR count). The molecule has 1 aliphatic rings. The van der Waals surface area contributed by atoms with Crippen LogP contribution in [0.1, 0.15) is 114 Å². The second-order valence-electron chi connectivity index (χ2n) is 11.7. The third kappa shape index (κ3) is 9.36. The average Bonchev–Trinajstić information content (AvgIpc) is 3.41. The molecule has 1 aromatic rings. The summed E-state index contributed by atoms with van der Waals surface area (Å²) >= 11 is 1.29. The highest BCUT2D eigenvalue weighted by molar-refractivity contribution is 7.09. The summed E-state index contributed by atoms with van der Waals surface area (Å²) in [5.74, 6) is -2.14. The van der Waals surface area contributed by atoms with Crippen molar-refractivity contribution in [1.82, 2.24) is 14.8 Å². The second-order valence-corrected chi connectivity index (χ2v) is 12.6. The average molecular weight is 580 g/mol. The number of aromatic carboxylic acids is 1. The van der Waals surface area contributed by atoms with Crippen molar-refractivity contribution in [3.63, 3.8) is 0 Å². The molecule has 2 heterocycles. The lowest BCUT2D eigenvalue weighted by Gasteiger charge is -2.39. The molecule has 0 bridgehead atoms. The SMILES string of the molecule is CCCC(=O)OCN(C(=O)[C@@H](CC(=O)[C@H]1CCCCN1C)[C@@H](C)CC)[C@H](C[C@@H](C)c1nc(C(=O)O)cs1)C(C)C. The van der Waals surface area contributed by atoms with Crippen molar-refractivity contribution in [3.05, 3.63) is 16.1 Å². The van der Waals surface area contributed by atoms with Crippen LogP contribution in [0.15, 0.2) is 5.38 Å².